The predicted octanol–water partition coefficient (Wildman–Crippen LogP) is 0.811. The summed E-state index contributed by atoms with van der Waals surface area (Å²) < 4.78 is 3.95. The molecule has 0 rings (SSSR count). The molecule has 0 radical (unpaired) electrons. The molecule has 0 spiro atoms. The fourth-order valence-corrected chi connectivity index (χ4v) is 0.306. The van der Waals surface area contributed by atoms with Gasteiger partial charge < -0.3 is 4.74 Å². The van der Waals surface area contributed by atoms with Crippen molar-refractivity contribution in [1.29, 1.82) is 5.26 Å². The monoisotopic (exact) mass is 113 g/mol. The number of hydrogen-bond acceptors (Lipinski definition) is 3. The highest BCUT2D eigenvalue weighted by molar-refractivity contribution is 5.70. The number of hydrogen-bond donors (Lipinski definition) is 0. The number of nitrogens with zero attached hydrogens (tertiary/aromatic N) is 1. The van der Waals surface area contributed by atoms with Gasteiger partial charge in [0.2, 0.25) is 0 Å². The van der Waals surface area contributed by atoms with E-state index in [-0.39, 0.29) is 0 Å². The molecule has 0 amide bonds. The van der Waals surface area contributed by atoms with Crippen LogP contribution in [-0.2, 0) is 9.53 Å². The normalized spacial score (nSPS) is 7.50. The van der Waals surface area contributed by atoms with Gasteiger partial charge in [-0.15, -0.1) is 5.26 Å². The Morgan fingerprint density at radius 1 is 1.88 bits per heavy atom. The molecule has 0 saturated carbocycles. The second-order valence-electron chi connectivity index (χ2n) is 1.32. The van der Waals surface area contributed by atoms with Crippen LogP contribution in [0.4, 0.5) is 0 Å². The van der Waals surface area contributed by atoms with Crippen molar-refractivity contribution >= 4 is 5.97 Å². The van der Waals surface area contributed by atoms with Gasteiger partial charge in [0.1, 0.15) is 0 Å². The minimum Gasteiger partial charge on any atom is -0.351 e. The smallest absolute Gasteiger partial charge is 0.321 e. The summed E-state index contributed by atoms with van der Waals surface area (Å²) in [5.41, 5.74) is 0. The molecule has 0 aromatic rings. The Labute approximate surface area is 47.9 Å². The molecule has 0 aliphatic carbocycles. The third-order valence-corrected chi connectivity index (χ3v) is 0.614. The van der Waals surface area contributed by atoms with E-state index in [4.69, 9.17) is 5.26 Å². The van der Waals surface area contributed by atoms with Crippen molar-refractivity contribution in [3.05, 3.63) is 0 Å². The van der Waals surface area contributed by atoms with Crippen molar-refractivity contribution in [3.63, 3.8) is 0 Å². The Hall–Kier alpha value is -1.04. The summed E-state index contributed by atoms with van der Waals surface area (Å²) in [6.07, 6.45) is 2.35. The van der Waals surface area contributed by atoms with E-state index in [0.29, 0.717) is 6.42 Å². The van der Waals surface area contributed by atoms with Crippen molar-refractivity contribution in [2.24, 2.45) is 0 Å². The van der Waals surface area contributed by atoms with Crippen LogP contribution < -0.4 is 0 Å². The molecule has 44 valence electrons. The molecule has 3 heteroatoms. The van der Waals surface area contributed by atoms with E-state index < -0.39 is 5.97 Å². The lowest BCUT2D eigenvalue weighted by atomic mass is 10.3. The molecule has 3 nitrogen and oxygen atoms in total. The lowest BCUT2D eigenvalue weighted by Gasteiger charge is -1.87. The van der Waals surface area contributed by atoms with Gasteiger partial charge in [-0.3, -0.25) is 4.79 Å². The first-order valence-corrected chi connectivity index (χ1v) is 2.40. The number of ether oxygens (including phenoxy) is 1. The zero-order valence-corrected chi connectivity index (χ0v) is 4.68. The molecule has 0 aliphatic heterocycles. The first-order chi connectivity index (χ1) is 3.81. The minimum atomic E-state index is -0.449. The third kappa shape index (κ3) is 3.16. The van der Waals surface area contributed by atoms with Gasteiger partial charge in [-0.2, -0.15) is 0 Å². The first kappa shape index (κ1) is 6.96. The number of nitriles is 1. The van der Waals surface area contributed by atoms with Gasteiger partial charge in [-0.1, -0.05) is 6.92 Å². The maximum atomic E-state index is 10.2. The fraction of sp³-hybridized carbons (Fsp3) is 0.600. The van der Waals surface area contributed by atoms with E-state index in [2.05, 4.69) is 4.74 Å². The van der Waals surface area contributed by atoms with Gasteiger partial charge in [-0.25, -0.2) is 0 Å². The maximum Gasteiger partial charge on any atom is 0.321 e. The number of rotatable bonds is 2. The number of carbonyl (C=O) groups is 1. The summed E-state index contributed by atoms with van der Waals surface area (Å²) in [5, 5.41) is 7.77. The van der Waals surface area contributed by atoms with Gasteiger partial charge in [0.15, 0.2) is 0 Å². The Morgan fingerprint density at radius 2 is 2.50 bits per heavy atom. The van der Waals surface area contributed by atoms with Crippen molar-refractivity contribution in [3.8, 4) is 6.26 Å². The summed E-state index contributed by atoms with van der Waals surface area (Å²) in [5.74, 6) is -0.449. The van der Waals surface area contributed by atoms with Gasteiger partial charge in [-0.05, 0) is 6.42 Å². The van der Waals surface area contributed by atoms with Crippen molar-refractivity contribution in [2.45, 2.75) is 19.8 Å². The molecule has 0 bridgehead atoms. The molecule has 0 saturated heterocycles. The molecular weight excluding hydrogens is 106 g/mol. The molecule has 0 fully saturated rings. The molecule has 0 aromatic carbocycles. The van der Waals surface area contributed by atoms with Crippen molar-refractivity contribution in [1.82, 2.24) is 0 Å². The van der Waals surface area contributed by atoms with Crippen LogP contribution in [0.25, 0.3) is 0 Å². The first-order valence-electron chi connectivity index (χ1n) is 2.40. The molecule has 0 atom stereocenters. The van der Waals surface area contributed by atoms with Crippen LogP contribution in [0, 0.1) is 11.5 Å². The predicted molar refractivity (Wildman–Crippen MR) is 26.6 cm³/mol. The van der Waals surface area contributed by atoms with E-state index in [0.717, 1.165) is 6.42 Å². The van der Waals surface area contributed by atoms with Crippen LogP contribution in [0.2, 0.25) is 0 Å². The van der Waals surface area contributed by atoms with Crippen LogP contribution in [0.1, 0.15) is 19.8 Å². The van der Waals surface area contributed by atoms with Crippen LogP contribution in [0.15, 0.2) is 0 Å². The lowest BCUT2D eigenvalue weighted by Crippen LogP contribution is -1.97. The Bertz CT molecular complexity index is 114. The van der Waals surface area contributed by atoms with Crippen molar-refractivity contribution in [2.75, 3.05) is 0 Å². The van der Waals surface area contributed by atoms with Gasteiger partial charge >= 0.3 is 5.97 Å². The molecule has 8 heavy (non-hydrogen) atoms. The van der Waals surface area contributed by atoms with Gasteiger partial charge in [0.25, 0.3) is 6.26 Å². The highest BCUT2D eigenvalue weighted by Crippen LogP contribution is 1.88. The average molecular weight is 113 g/mol. The van der Waals surface area contributed by atoms with E-state index in [1.807, 2.05) is 6.92 Å². The largest absolute Gasteiger partial charge is 0.351 e. The van der Waals surface area contributed by atoms with Crippen LogP contribution in [-0.4, -0.2) is 5.97 Å². The van der Waals surface area contributed by atoms with E-state index in [1.54, 1.807) is 0 Å². The number of esters is 1. The molecule has 0 unspecified atom stereocenters. The number of carbonyl (C=O) groups excluding carboxylic acids is 1. The lowest BCUT2D eigenvalue weighted by molar-refractivity contribution is -0.137. The Morgan fingerprint density at radius 3 is 2.88 bits per heavy atom. The molecule has 0 N–H and O–H groups in total. The highest BCUT2D eigenvalue weighted by atomic mass is 16.5. The Kier molecular flexibility index (Phi) is 3.59. The van der Waals surface area contributed by atoms with Crippen LogP contribution >= 0.6 is 0 Å². The quantitative estimate of drug-likeness (QED) is 0.393. The fourth-order valence-electron chi connectivity index (χ4n) is 0.306. The molecular formula is C5H7NO2. The van der Waals surface area contributed by atoms with Crippen LogP contribution in [0.5, 0.6) is 0 Å². The van der Waals surface area contributed by atoms with Gasteiger partial charge in [0.05, 0.1) is 0 Å². The highest BCUT2D eigenvalue weighted by Gasteiger charge is 1.96. The third-order valence-electron chi connectivity index (χ3n) is 0.614. The zero-order valence-electron chi connectivity index (χ0n) is 4.68. The Balaban J connectivity index is 3.23. The van der Waals surface area contributed by atoms with E-state index in [1.165, 1.54) is 6.26 Å². The van der Waals surface area contributed by atoms with Gasteiger partial charge in [0, 0.05) is 6.42 Å². The van der Waals surface area contributed by atoms with Crippen LogP contribution in [0.3, 0.4) is 0 Å². The average Bonchev–Trinajstić information content (AvgIpc) is 1.68. The second-order valence-corrected chi connectivity index (χ2v) is 1.32. The minimum absolute atomic E-state index is 0.327. The van der Waals surface area contributed by atoms with E-state index >= 15 is 0 Å². The molecule has 0 aromatic heterocycles. The zero-order chi connectivity index (χ0) is 6.41. The van der Waals surface area contributed by atoms with E-state index in [9.17, 15) is 4.79 Å². The standard InChI is InChI=1S/C5H7NO2/c1-2-3-5(7)8-4-6/h2-3H2,1H3. The van der Waals surface area contributed by atoms with Crippen molar-refractivity contribution < 1.29 is 9.53 Å². The SMILES string of the molecule is CCCC(=O)OC#N. The summed E-state index contributed by atoms with van der Waals surface area (Å²) in [6, 6.07) is 0. The molecule has 0 heterocycles. The molecule has 0 aliphatic rings. The topological polar surface area (TPSA) is 50.1 Å². The second kappa shape index (κ2) is 4.13. The maximum absolute atomic E-state index is 10.2. The summed E-state index contributed by atoms with van der Waals surface area (Å²) in [4.78, 5) is 10.2. The summed E-state index contributed by atoms with van der Waals surface area (Å²) in [6.45, 7) is 1.85. The summed E-state index contributed by atoms with van der Waals surface area (Å²) in [7, 11) is 0. The summed E-state index contributed by atoms with van der Waals surface area (Å²) >= 11 is 0.